The van der Waals surface area contributed by atoms with Crippen molar-refractivity contribution >= 4 is 0 Å². The van der Waals surface area contributed by atoms with E-state index in [1.54, 1.807) is 0 Å². The summed E-state index contributed by atoms with van der Waals surface area (Å²) in [7, 11) is 0. The van der Waals surface area contributed by atoms with E-state index in [0.29, 0.717) is 12.0 Å². The molecule has 0 bridgehead atoms. The van der Waals surface area contributed by atoms with E-state index in [4.69, 9.17) is 0 Å². The fourth-order valence-corrected chi connectivity index (χ4v) is 2.64. The van der Waals surface area contributed by atoms with Crippen LogP contribution in [0.15, 0.2) is 42.5 Å². The van der Waals surface area contributed by atoms with Gasteiger partial charge in [0.05, 0.1) is 0 Å². The summed E-state index contributed by atoms with van der Waals surface area (Å²) < 4.78 is 26.6. The predicted molar refractivity (Wildman–Crippen MR) is 82.4 cm³/mol. The minimum Gasteiger partial charge on any atom is -0.314 e. The standard InChI is InChI=1S/C18H21F2N/c1-3-21-18(10-14-6-4-5-13(2)7-14)11-15-8-16(19)12-17(20)9-15/h4-9,12,18,21H,3,10-11H2,1-2H3. The molecule has 0 saturated carbocycles. The summed E-state index contributed by atoms with van der Waals surface area (Å²) in [5.74, 6) is -1.04. The Morgan fingerprint density at radius 1 is 0.952 bits per heavy atom. The maximum absolute atomic E-state index is 13.3. The lowest BCUT2D eigenvalue weighted by Gasteiger charge is -2.18. The molecule has 2 aromatic carbocycles. The third kappa shape index (κ3) is 4.94. The van der Waals surface area contributed by atoms with Gasteiger partial charge in [0.25, 0.3) is 0 Å². The van der Waals surface area contributed by atoms with Gasteiger partial charge in [0.2, 0.25) is 0 Å². The predicted octanol–water partition coefficient (Wildman–Crippen LogP) is 4.04. The highest BCUT2D eigenvalue weighted by atomic mass is 19.1. The molecule has 21 heavy (non-hydrogen) atoms. The molecule has 1 nitrogen and oxygen atoms in total. The van der Waals surface area contributed by atoms with Crippen LogP contribution in [0.2, 0.25) is 0 Å². The lowest BCUT2D eigenvalue weighted by Crippen LogP contribution is -2.33. The molecule has 0 saturated heterocycles. The summed E-state index contributed by atoms with van der Waals surface area (Å²) in [6.07, 6.45) is 1.45. The van der Waals surface area contributed by atoms with E-state index in [0.717, 1.165) is 19.0 Å². The average Bonchev–Trinajstić information content (AvgIpc) is 2.37. The minimum absolute atomic E-state index is 0.165. The fraction of sp³-hybridized carbons (Fsp3) is 0.333. The Kier molecular flexibility index (Phi) is 5.45. The van der Waals surface area contributed by atoms with Crippen LogP contribution in [0.4, 0.5) is 8.78 Å². The summed E-state index contributed by atoms with van der Waals surface area (Å²) in [6.45, 7) is 4.93. The highest BCUT2D eigenvalue weighted by molar-refractivity contribution is 5.24. The van der Waals surface area contributed by atoms with Crippen molar-refractivity contribution in [1.82, 2.24) is 5.32 Å². The molecule has 0 aromatic heterocycles. The number of benzene rings is 2. The van der Waals surface area contributed by atoms with Crippen LogP contribution in [0, 0.1) is 18.6 Å². The zero-order valence-electron chi connectivity index (χ0n) is 12.5. The number of hydrogen-bond acceptors (Lipinski definition) is 1. The number of nitrogens with one attached hydrogen (secondary N) is 1. The van der Waals surface area contributed by atoms with E-state index < -0.39 is 11.6 Å². The molecule has 1 unspecified atom stereocenters. The molecular formula is C18H21F2N. The van der Waals surface area contributed by atoms with Crippen LogP contribution in [0.1, 0.15) is 23.6 Å². The highest BCUT2D eigenvalue weighted by Gasteiger charge is 2.11. The summed E-state index contributed by atoms with van der Waals surface area (Å²) >= 11 is 0. The lowest BCUT2D eigenvalue weighted by atomic mass is 9.98. The van der Waals surface area contributed by atoms with Gasteiger partial charge in [-0.1, -0.05) is 36.8 Å². The molecule has 2 rings (SSSR count). The monoisotopic (exact) mass is 289 g/mol. The van der Waals surface area contributed by atoms with E-state index in [1.165, 1.54) is 23.3 Å². The van der Waals surface area contributed by atoms with Gasteiger partial charge >= 0.3 is 0 Å². The number of rotatable bonds is 6. The van der Waals surface area contributed by atoms with Crippen LogP contribution >= 0.6 is 0 Å². The van der Waals surface area contributed by atoms with Crippen LogP contribution in [-0.4, -0.2) is 12.6 Å². The van der Waals surface area contributed by atoms with Gasteiger partial charge in [-0.05, 0) is 49.6 Å². The van der Waals surface area contributed by atoms with Crippen molar-refractivity contribution in [2.24, 2.45) is 0 Å². The Morgan fingerprint density at radius 2 is 1.62 bits per heavy atom. The van der Waals surface area contributed by atoms with Crippen molar-refractivity contribution in [3.63, 3.8) is 0 Å². The minimum atomic E-state index is -0.518. The third-order valence-corrected chi connectivity index (χ3v) is 3.46. The van der Waals surface area contributed by atoms with Gasteiger partial charge < -0.3 is 5.32 Å². The molecular weight excluding hydrogens is 268 g/mol. The summed E-state index contributed by atoms with van der Waals surface area (Å²) in [4.78, 5) is 0. The topological polar surface area (TPSA) is 12.0 Å². The van der Waals surface area contributed by atoms with Crippen LogP contribution < -0.4 is 5.32 Å². The SMILES string of the molecule is CCNC(Cc1cccc(C)c1)Cc1cc(F)cc(F)c1. The lowest BCUT2D eigenvalue weighted by molar-refractivity contribution is 0.515. The van der Waals surface area contributed by atoms with Crippen LogP contribution in [0.25, 0.3) is 0 Å². The second-order valence-electron chi connectivity index (χ2n) is 5.43. The first-order chi connectivity index (χ1) is 10.1. The molecule has 0 aliphatic rings. The first-order valence-corrected chi connectivity index (χ1v) is 7.30. The first kappa shape index (κ1) is 15.6. The summed E-state index contributed by atoms with van der Waals surface area (Å²) in [5, 5.41) is 3.39. The molecule has 112 valence electrons. The first-order valence-electron chi connectivity index (χ1n) is 7.30. The van der Waals surface area contributed by atoms with Gasteiger partial charge in [0.1, 0.15) is 11.6 Å². The second kappa shape index (κ2) is 7.32. The second-order valence-corrected chi connectivity index (χ2v) is 5.43. The highest BCUT2D eigenvalue weighted by Crippen LogP contribution is 2.13. The normalized spacial score (nSPS) is 12.4. The molecule has 0 heterocycles. The third-order valence-electron chi connectivity index (χ3n) is 3.46. The van der Waals surface area contributed by atoms with Crippen molar-refractivity contribution in [3.05, 3.63) is 70.8 Å². The Hall–Kier alpha value is -1.74. The number of likely N-dealkylation sites (N-methyl/N-ethyl adjacent to an activating group) is 1. The summed E-state index contributed by atoms with van der Waals surface area (Å²) in [5.41, 5.74) is 3.14. The Bertz CT molecular complexity index is 575. The quantitative estimate of drug-likeness (QED) is 0.846. The Labute approximate surface area is 125 Å². The smallest absolute Gasteiger partial charge is 0.126 e. The molecule has 0 aliphatic heterocycles. The van der Waals surface area contributed by atoms with Gasteiger partial charge in [-0.25, -0.2) is 8.78 Å². The van der Waals surface area contributed by atoms with Crippen LogP contribution in [0.3, 0.4) is 0 Å². The molecule has 2 aromatic rings. The molecule has 0 aliphatic carbocycles. The molecule has 1 N–H and O–H groups in total. The Morgan fingerprint density at radius 3 is 2.24 bits per heavy atom. The maximum Gasteiger partial charge on any atom is 0.126 e. The maximum atomic E-state index is 13.3. The zero-order chi connectivity index (χ0) is 15.2. The Balaban J connectivity index is 2.11. The molecule has 1 atom stereocenters. The van der Waals surface area contributed by atoms with E-state index >= 15 is 0 Å². The van der Waals surface area contributed by atoms with Crippen molar-refractivity contribution in [2.45, 2.75) is 32.7 Å². The van der Waals surface area contributed by atoms with Crippen molar-refractivity contribution in [2.75, 3.05) is 6.54 Å². The molecule has 0 fully saturated rings. The van der Waals surface area contributed by atoms with Gasteiger partial charge in [0, 0.05) is 12.1 Å². The molecule has 0 amide bonds. The zero-order valence-corrected chi connectivity index (χ0v) is 12.5. The largest absolute Gasteiger partial charge is 0.314 e. The van der Waals surface area contributed by atoms with Crippen molar-refractivity contribution in [1.29, 1.82) is 0 Å². The van der Waals surface area contributed by atoms with E-state index in [2.05, 4.69) is 30.4 Å². The number of aryl methyl sites for hydroxylation is 1. The van der Waals surface area contributed by atoms with Gasteiger partial charge in [-0.2, -0.15) is 0 Å². The number of hydrogen-bond donors (Lipinski definition) is 1. The summed E-state index contributed by atoms with van der Waals surface area (Å²) in [6, 6.07) is 12.2. The van der Waals surface area contributed by atoms with Crippen molar-refractivity contribution < 1.29 is 8.78 Å². The molecule has 3 heteroatoms. The van der Waals surface area contributed by atoms with E-state index in [1.807, 2.05) is 13.0 Å². The van der Waals surface area contributed by atoms with Gasteiger partial charge in [-0.3, -0.25) is 0 Å². The molecule has 0 radical (unpaired) electrons. The fourth-order valence-electron chi connectivity index (χ4n) is 2.64. The van der Waals surface area contributed by atoms with Crippen molar-refractivity contribution in [3.8, 4) is 0 Å². The van der Waals surface area contributed by atoms with Crippen LogP contribution in [-0.2, 0) is 12.8 Å². The molecule has 0 spiro atoms. The van der Waals surface area contributed by atoms with Gasteiger partial charge in [-0.15, -0.1) is 0 Å². The van der Waals surface area contributed by atoms with Crippen LogP contribution in [0.5, 0.6) is 0 Å². The van der Waals surface area contributed by atoms with Gasteiger partial charge in [0.15, 0.2) is 0 Å². The van der Waals surface area contributed by atoms with E-state index in [9.17, 15) is 8.78 Å². The van der Waals surface area contributed by atoms with E-state index in [-0.39, 0.29) is 6.04 Å². The number of halogens is 2. The average molecular weight is 289 g/mol.